The van der Waals surface area contributed by atoms with Crippen LogP contribution in [0.5, 0.6) is 0 Å². The van der Waals surface area contributed by atoms with Crippen molar-refractivity contribution >= 4 is 33.6 Å². The van der Waals surface area contributed by atoms with Crippen molar-refractivity contribution in [2.45, 2.75) is 12.8 Å². The number of carbonyl (C=O) groups is 2. The van der Waals surface area contributed by atoms with Crippen molar-refractivity contribution in [3.63, 3.8) is 0 Å². The Labute approximate surface area is 128 Å². The number of benzene rings is 1. The van der Waals surface area contributed by atoms with Gasteiger partial charge in [-0.3, -0.25) is 4.79 Å². The molecule has 1 saturated heterocycles. The van der Waals surface area contributed by atoms with Crippen LogP contribution < -0.4 is 5.32 Å². The van der Waals surface area contributed by atoms with Gasteiger partial charge >= 0.3 is 12.0 Å². The highest BCUT2D eigenvalue weighted by atomic mass is 79.9. The molecule has 0 radical (unpaired) electrons. The second-order valence-electron chi connectivity index (χ2n) is 4.87. The Kier molecular flexibility index (Phi) is 4.76. The molecule has 0 aliphatic carbocycles. The minimum Gasteiger partial charge on any atom is -0.481 e. The van der Waals surface area contributed by atoms with E-state index in [1.165, 1.54) is 4.90 Å². The van der Waals surface area contributed by atoms with E-state index in [-0.39, 0.29) is 22.5 Å². The zero-order chi connectivity index (χ0) is 15.6. The van der Waals surface area contributed by atoms with E-state index in [1.54, 1.807) is 0 Å². The van der Waals surface area contributed by atoms with Crippen LogP contribution in [0, 0.1) is 17.6 Å². The number of carboxylic acid groups (broad SMARTS) is 1. The van der Waals surface area contributed by atoms with Crippen LogP contribution in [0.1, 0.15) is 12.8 Å². The standard InChI is InChI=1S/C13H13BrF2N2O3/c14-9-4-8(15)5-10(16)12(9)17-13(21)18-2-1-7(6-18)3-11(19)20/h4-5,7H,1-3,6H2,(H,17,21)(H,19,20). The van der Waals surface area contributed by atoms with Crippen molar-refractivity contribution in [2.75, 3.05) is 18.4 Å². The van der Waals surface area contributed by atoms with Crippen LogP contribution in [0.25, 0.3) is 0 Å². The van der Waals surface area contributed by atoms with Gasteiger partial charge in [0.05, 0.1) is 5.69 Å². The van der Waals surface area contributed by atoms with Crippen LogP contribution >= 0.6 is 15.9 Å². The second kappa shape index (κ2) is 6.38. The fraction of sp³-hybridized carbons (Fsp3) is 0.385. The second-order valence-corrected chi connectivity index (χ2v) is 5.73. The number of amides is 2. The quantitative estimate of drug-likeness (QED) is 0.867. The van der Waals surface area contributed by atoms with Crippen LogP contribution in [0.15, 0.2) is 16.6 Å². The zero-order valence-corrected chi connectivity index (χ0v) is 12.5. The maximum atomic E-state index is 13.6. The van der Waals surface area contributed by atoms with Gasteiger partial charge in [-0.15, -0.1) is 0 Å². The lowest BCUT2D eigenvalue weighted by molar-refractivity contribution is -0.138. The predicted octanol–water partition coefficient (Wildman–Crippen LogP) is 3.06. The smallest absolute Gasteiger partial charge is 0.321 e. The molecule has 1 aromatic carbocycles. The minimum absolute atomic E-state index is 0.00160. The third-order valence-corrected chi connectivity index (χ3v) is 3.90. The number of rotatable bonds is 3. The normalized spacial score (nSPS) is 17.9. The molecule has 1 unspecified atom stereocenters. The van der Waals surface area contributed by atoms with Crippen molar-refractivity contribution in [3.05, 3.63) is 28.2 Å². The van der Waals surface area contributed by atoms with Gasteiger partial charge in [-0.25, -0.2) is 13.6 Å². The van der Waals surface area contributed by atoms with E-state index in [1.807, 2.05) is 0 Å². The third kappa shape index (κ3) is 3.90. The molecule has 1 heterocycles. The number of hydrogen-bond donors (Lipinski definition) is 2. The number of halogens is 3. The summed E-state index contributed by atoms with van der Waals surface area (Å²) in [5, 5.41) is 11.1. The zero-order valence-electron chi connectivity index (χ0n) is 10.9. The van der Waals surface area contributed by atoms with Gasteiger partial charge in [0.1, 0.15) is 5.82 Å². The van der Waals surface area contributed by atoms with Crippen LogP contribution in [-0.2, 0) is 4.79 Å². The number of nitrogens with one attached hydrogen (secondary N) is 1. The van der Waals surface area contributed by atoms with E-state index in [0.29, 0.717) is 25.6 Å². The highest BCUT2D eigenvalue weighted by Crippen LogP contribution is 2.28. The molecule has 8 heteroatoms. The maximum Gasteiger partial charge on any atom is 0.321 e. The molecule has 114 valence electrons. The molecule has 1 aliphatic rings. The first kappa shape index (κ1) is 15.7. The summed E-state index contributed by atoms with van der Waals surface area (Å²) in [6, 6.07) is 1.20. The fourth-order valence-corrected chi connectivity index (χ4v) is 2.79. The predicted molar refractivity (Wildman–Crippen MR) is 75.0 cm³/mol. The van der Waals surface area contributed by atoms with Gasteiger partial charge in [-0.1, -0.05) is 0 Å². The Morgan fingerprint density at radius 3 is 2.76 bits per heavy atom. The summed E-state index contributed by atoms with van der Waals surface area (Å²) in [7, 11) is 0. The van der Waals surface area contributed by atoms with E-state index >= 15 is 0 Å². The molecule has 0 bridgehead atoms. The molecule has 0 aromatic heterocycles. The fourth-order valence-electron chi connectivity index (χ4n) is 2.28. The number of nitrogens with zero attached hydrogens (tertiary/aromatic N) is 1. The summed E-state index contributed by atoms with van der Waals surface area (Å²) in [5.41, 5.74) is -0.136. The van der Waals surface area contributed by atoms with Gasteiger partial charge in [0.25, 0.3) is 0 Å². The number of anilines is 1. The SMILES string of the molecule is O=C(O)CC1CCN(C(=O)Nc2c(F)cc(F)cc2Br)C1. The van der Waals surface area contributed by atoms with Crippen LogP contribution in [0.2, 0.25) is 0 Å². The van der Waals surface area contributed by atoms with Crippen molar-refractivity contribution in [3.8, 4) is 0 Å². The first-order chi connectivity index (χ1) is 9.86. The van der Waals surface area contributed by atoms with E-state index in [4.69, 9.17) is 5.11 Å². The largest absolute Gasteiger partial charge is 0.481 e. The first-order valence-electron chi connectivity index (χ1n) is 6.29. The Balaban J connectivity index is 2.01. The number of likely N-dealkylation sites (tertiary alicyclic amines) is 1. The lowest BCUT2D eigenvalue weighted by Gasteiger charge is -2.18. The van der Waals surface area contributed by atoms with Gasteiger partial charge in [-0.05, 0) is 34.3 Å². The Morgan fingerprint density at radius 2 is 2.14 bits per heavy atom. The monoisotopic (exact) mass is 362 g/mol. The average molecular weight is 363 g/mol. The van der Waals surface area contributed by atoms with E-state index in [2.05, 4.69) is 21.2 Å². The molecule has 0 spiro atoms. The van der Waals surface area contributed by atoms with Crippen LogP contribution in [0.3, 0.4) is 0 Å². The molecular weight excluding hydrogens is 350 g/mol. The minimum atomic E-state index is -0.908. The van der Waals surface area contributed by atoms with Crippen LogP contribution in [-0.4, -0.2) is 35.1 Å². The molecular formula is C13H13BrF2N2O3. The number of aliphatic carboxylic acids is 1. The number of urea groups is 1. The molecule has 2 amide bonds. The first-order valence-corrected chi connectivity index (χ1v) is 7.08. The molecule has 1 aromatic rings. The summed E-state index contributed by atoms with van der Waals surface area (Å²) >= 11 is 2.99. The van der Waals surface area contributed by atoms with Gasteiger partial charge in [-0.2, -0.15) is 0 Å². The average Bonchev–Trinajstić information content (AvgIpc) is 2.81. The summed E-state index contributed by atoms with van der Waals surface area (Å²) in [6.45, 7) is 0.711. The molecule has 1 aliphatic heterocycles. The highest BCUT2D eigenvalue weighted by molar-refractivity contribution is 9.10. The molecule has 21 heavy (non-hydrogen) atoms. The Hall–Kier alpha value is -1.70. The molecule has 2 rings (SSSR count). The maximum absolute atomic E-state index is 13.6. The lowest BCUT2D eigenvalue weighted by Crippen LogP contribution is -2.33. The van der Waals surface area contributed by atoms with E-state index in [9.17, 15) is 18.4 Å². The summed E-state index contributed by atoms with van der Waals surface area (Å²) < 4.78 is 26.7. The lowest BCUT2D eigenvalue weighted by atomic mass is 10.1. The van der Waals surface area contributed by atoms with E-state index < -0.39 is 23.6 Å². The number of carbonyl (C=O) groups excluding carboxylic acids is 1. The third-order valence-electron chi connectivity index (χ3n) is 3.28. The Morgan fingerprint density at radius 1 is 1.43 bits per heavy atom. The number of hydrogen-bond acceptors (Lipinski definition) is 2. The van der Waals surface area contributed by atoms with Gasteiger partial charge in [0.2, 0.25) is 0 Å². The highest BCUT2D eigenvalue weighted by Gasteiger charge is 2.28. The topological polar surface area (TPSA) is 69.6 Å². The molecule has 5 nitrogen and oxygen atoms in total. The van der Waals surface area contributed by atoms with Crippen molar-refractivity contribution < 1.29 is 23.5 Å². The molecule has 2 N–H and O–H groups in total. The molecule has 1 fully saturated rings. The molecule has 0 saturated carbocycles. The van der Waals surface area contributed by atoms with Crippen molar-refractivity contribution in [2.24, 2.45) is 5.92 Å². The summed E-state index contributed by atoms with van der Waals surface area (Å²) in [6.07, 6.45) is 0.588. The van der Waals surface area contributed by atoms with Crippen molar-refractivity contribution in [1.82, 2.24) is 4.90 Å². The van der Waals surface area contributed by atoms with Gasteiger partial charge in [0, 0.05) is 30.0 Å². The van der Waals surface area contributed by atoms with Crippen molar-refractivity contribution in [1.29, 1.82) is 0 Å². The van der Waals surface area contributed by atoms with Gasteiger partial charge < -0.3 is 15.3 Å². The van der Waals surface area contributed by atoms with Gasteiger partial charge in [0.15, 0.2) is 5.82 Å². The summed E-state index contributed by atoms with van der Waals surface area (Å²) in [4.78, 5) is 24.1. The van der Waals surface area contributed by atoms with E-state index in [0.717, 1.165) is 6.07 Å². The molecule has 1 atom stereocenters. The van der Waals surface area contributed by atoms with Crippen LogP contribution in [0.4, 0.5) is 19.3 Å². The summed E-state index contributed by atoms with van der Waals surface area (Å²) in [5.74, 6) is -2.64. The Bertz CT molecular complexity index is 560. The number of carboxylic acids is 1.